The molecule has 4 aromatic carbocycles. The Morgan fingerprint density at radius 2 is 1.52 bits per heavy atom. The summed E-state index contributed by atoms with van der Waals surface area (Å²) in [4.78, 5) is 0. The number of hydrogen-bond donors (Lipinski definition) is 0. The number of rotatable bonds is 4. The molecule has 1 aliphatic heterocycles. The molecule has 29 heavy (non-hydrogen) atoms. The minimum atomic E-state index is 0.157. The van der Waals surface area contributed by atoms with E-state index in [-0.39, 0.29) is 6.04 Å². The summed E-state index contributed by atoms with van der Waals surface area (Å²) < 4.78 is 5.33. The minimum absolute atomic E-state index is 0.157. The number of hydrogen-bond acceptors (Lipinski definition) is 3. The molecule has 0 aromatic heterocycles. The molecule has 142 valence electrons. The lowest BCUT2D eigenvalue weighted by Crippen LogP contribution is -2.18. The Morgan fingerprint density at radius 1 is 0.793 bits per heavy atom. The SMILES string of the molecule is COc1ccc(C2CC(c3ccc4ccccc4c3)=NN2c2ccccc2)cc1. The van der Waals surface area contributed by atoms with Crippen molar-refractivity contribution in [1.82, 2.24) is 0 Å². The first kappa shape index (κ1) is 17.5. The summed E-state index contributed by atoms with van der Waals surface area (Å²) in [5, 5.41) is 9.69. The van der Waals surface area contributed by atoms with Gasteiger partial charge in [0.1, 0.15) is 5.75 Å². The van der Waals surface area contributed by atoms with Crippen LogP contribution in [0.2, 0.25) is 0 Å². The number of benzene rings is 4. The smallest absolute Gasteiger partial charge is 0.118 e. The van der Waals surface area contributed by atoms with Gasteiger partial charge in [0.2, 0.25) is 0 Å². The molecule has 0 spiro atoms. The summed E-state index contributed by atoms with van der Waals surface area (Å²) in [7, 11) is 1.70. The van der Waals surface area contributed by atoms with Gasteiger partial charge in [-0.15, -0.1) is 0 Å². The zero-order valence-corrected chi connectivity index (χ0v) is 16.3. The minimum Gasteiger partial charge on any atom is -0.497 e. The van der Waals surface area contributed by atoms with Crippen molar-refractivity contribution in [2.24, 2.45) is 5.10 Å². The Labute approximate surface area is 170 Å². The second-order valence-electron chi connectivity index (χ2n) is 7.28. The van der Waals surface area contributed by atoms with Gasteiger partial charge >= 0.3 is 0 Å². The molecule has 0 saturated carbocycles. The molecule has 1 unspecified atom stereocenters. The fraction of sp³-hybridized carbons (Fsp3) is 0.115. The van der Waals surface area contributed by atoms with Gasteiger partial charge < -0.3 is 4.74 Å². The van der Waals surface area contributed by atoms with E-state index in [1.54, 1.807) is 7.11 Å². The quantitative estimate of drug-likeness (QED) is 0.422. The van der Waals surface area contributed by atoms with E-state index in [0.717, 1.165) is 23.6 Å². The summed E-state index contributed by atoms with van der Waals surface area (Å²) in [5.74, 6) is 0.869. The topological polar surface area (TPSA) is 24.8 Å². The second-order valence-corrected chi connectivity index (χ2v) is 7.28. The van der Waals surface area contributed by atoms with E-state index in [0.29, 0.717) is 0 Å². The van der Waals surface area contributed by atoms with Crippen LogP contribution in [0.5, 0.6) is 5.75 Å². The van der Waals surface area contributed by atoms with Gasteiger partial charge in [0.05, 0.1) is 24.6 Å². The lowest BCUT2D eigenvalue weighted by molar-refractivity contribution is 0.414. The molecule has 0 saturated heterocycles. The summed E-state index contributed by atoms with van der Waals surface area (Å²) >= 11 is 0. The van der Waals surface area contributed by atoms with Crippen molar-refractivity contribution in [2.45, 2.75) is 12.5 Å². The highest BCUT2D eigenvalue weighted by Gasteiger charge is 2.29. The largest absolute Gasteiger partial charge is 0.497 e. The number of anilines is 1. The van der Waals surface area contributed by atoms with Crippen LogP contribution >= 0.6 is 0 Å². The number of ether oxygens (including phenoxy) is 1. The molecule has 1 aliphatic rings. The van der Waals surface area contributed by atoms with Crippen molar-refractivity contribution in [3.05, 3.63) is 108 Å². The lowest BCUT2D eigenvalue weighted by atomic mass is 9.96. The molecular weight excluding hydrogens is 356 g/mol. The third kappa shape index (κ3) is 3.36. The summed E-state index contributed by atoms with van der Waals surface area (Å²) in [6, 6.07) is 33.9. The normalized spacial score (nSPS) is 16.1. The first-order chi connectivity index (χ1) is 14.3. The molecule has 3 heteroatoms. The average molecular weight is 378 g/mol. The average Bonchev–Trinajstić information content (AvgIpc) is 3.25. The zero-order valence-electron chi connectivity index (χ0n) is 16.3. The molecular formula is C26H22N2O. The number of hydrazone groups is 1. The van der Waals surface area contributed by atoms with Crippen molar-refractivity contribution in [3.8, 4) is 5.75 Å². The van der Waals surface area contributed by atoms with E-state index in [4.69, 9.17) is 9.84 Å². The molecule has 3 nitrogen and oxygen atoms in total. The van der Waals surface area contributed by atoms with E-state index >= 15 is 0 Å². The fourth-order valence-corrected chi connectivity index (χ4v) is 3.96. The molecule has 0 radical (unpaired) electrons. The van der Waals surface area contributed by atoms with E-state index in [2.05, 4.69) is 83.9 Å². The Bertz CT molecular complexity index is 1170. The molecule has 5 rings (SSSR count). The second kappa shape index (κ2) is 7.44. The van der Waals surface area contributed by atoms with Crippen molar-refractivity contribution in [1.29, 1.82) is 0 Å². The predicted molar refractivity (Wildman–Crippen MR) is 120 cm³/mol. The van der Waals surface area contributed by atoms with Crippen molar-refractivity contribution < 1.29 is 4.74 Å². The van der Waals surface area contributed by atoms with Crippen LogP contribution in [0.3, 0.4) is 0 Å². The number of nitrogens with zero attached hydrogens (tertiary/aromatic N) is 2. The van der Waals surface area contributed by atoms with Gasteiger partial charge in [-0.2, -0.15) is 5.10 Å². The van der Waals surface area contributed by atoms with Crippen LogP contribution in [-0.4, -0.2) is 12.8 Å². The van der Waals surface area contributed by atoms with Gasteiger partial charge in [-0.25, -0.2) is 0 Å². The third-order valence-corrected chi connectivity index (χ3v) is 5.51. The molecule has 4 aromatic rings. The van der Waals surface area contributed by atoms with Crippen molar-refractivity contribution >= 4 is 22.2 Å². The molecule has 0 N–H and O–H groups in total. The number of fused-ring (bicyclic) bond motifs is 1. The van der Waals surface area contributed by atoms with E-state index in [1.807, 2.05) is 18.2 Å². The summed E-state index contributed by atoms with van der Waals surface area (Å²) in [5.41, 5.74) is 4.62. The van der Waals surface area contributed by atoms with Crippen LogP contribution in [0, 0.1) is 0 Å². The third-order valence-electron chi connectivity index (χ3n) is 5.51. The van der Waals surface area contributed by atoms with Crippen LogP contribution in [-0.2, 0) is 0 Å². The highest BCUT2D eigenvalue weighted by molar-refractivity contribution is 6.05. The van der Waals surface area contributed by atoms with Crippen LogP contribution in [0.25, 0.3) is 10.8 Å². The maximum Gasteiger partial charge on any atom is 0.118 e. The lowest BCUT2D eigenvalue weighted by Gasteiger charge is -2.24. The highest BCUT2D eigenvalue weighted by atomic mass is 16.5. The van der Waals surface area contributed by atoms with Crippen LogP contribution < -0.4 is 9.75 Å². The van der Waals surface area contributed by atoms with Gasteiger partial charge in [0.15, 0.2) is 0 Å². The Kier molecular flexibility index (Phi) is 4.49. The van der Waals surface area contributed by atoms with Gasteiger partial charge in [0.25, 0.3) is 0 Å². The van der Waals surface area contributed by atoms with Gasteiger partial charge in [0, 0.05) is 6.42 Å². The maximum absolute atomic E-state index is 5.33. The van der Waals surface area contributed by atoms with Crippen LogP contribution in [0.1, 0.15) is 23.6 Å². The van der Waals surface area contributed by atoms with Crippen molar-refractivity contribution in [3.63, 3.8) is 0 Å². The molecule has 0 bridgehead atoms. The molecule has 0 amide bonds. The fourth-order valence-electron chi connectivity index (χ4n) is 3.96. The molecule has 1 atom stereocenters. The monoisotopic (exact) mass is 378 g/mol. The van der Waals surface area contributed by atoms with Gasteiger partial charge in [-0.3, -0.25) is 5.01 Å². The van der Waals surface area contributed by atoms with Crippen LogP contribution in [0.4, 0.5) is 5.69 Å². The van der Waals surface area contributed by atoms with E-state index in [9.17, 15) is 0 Å². The maximum atomic E-state index is 5.33. The molecule has 0 aliphatic carbocycles. The summed E-state index contributed by atoms with van der Waals surface area (Å²) in [6.45, 7) is 0. The molecule has 0 fully saturated rings. The van der Waals surface area contributed by atoms with Gasteiger partial charge in [-0.05, 0) is 52.2 Å². The number of methoxy groups -OCH3 is 1. The Morgan fingerprint density at radius 3 is 2.28 bits per heavy atom. The first-order valence-electron chi connectivity index (χ1n) is 9.87. The Balaban J connectivity index is 1.55. The Hall–Kier alpha value is -3.59. The standard InChI is InChI=1S/C26H22N2O/c1-29-24-15-13-20(14-16-24)26-18-25(27-28(26)23-9-3-2-4-10-23)22-12-11-19-7-5-6-8-21(19)17-22/h2-17,26H,18H2,1H3. The molecule has 1 heterocycles. The van der Waals surface area contributed by atoms with E-state index in [1.165, 1.54) is 21.9 Å². The highest BCUT2D eigenvalue weighted by Crippen LogP contribution is 2.37. The first-order valence-corrected chi connectivity index (χ1v) is 9.87. The van der Waals surface area contributed by atoms with E-state index < -0.39 is 0 Å². The predicted octanol–water partition coefficient (Wildman–Crippen LogP) is 6.20. The van der Waals surface area contributed by atoms with Crippen molar-refractivity contribution in [2.75, 3.05) is 12.1 Å². The zero-order chi connectivity index (χ0) is 19.6. The summed E-state index contributed by atoms with van der Waals surface area (Å²) in [6.07, 6.45) is 0.861. The number of para-hydroxylation sites is 1. The van der Waals surface area contributed by atoms with Gasteiger partial charge in [-0.1, -0.05) is 66.7 Å². The van der Waals surface area contributed by atoms with Crippen LogP contribution in [0.15, 0.2) is 102 Å².